The number of sulfonamides is 1. The van der Waals surface area contributed by atoms with Crippen LogP contribution in [0.15, 0.2) is 29.2 Å². The van der Waals surface area contributed by atoms with Crippen molar-refractivity contribution in [1.82, 2.24) is 20.2 Å². The maximum absolute atomic E-state index is 13.7. The molecule has 2 aromatic heterocycles. The van der Waals surface area contributed by atoms with Gasteiger partial charge in [0.1, 0.15) is 4.90 Å². The molecule has 0 aliphatic rings. The number of anilines is 1. The van der Waals surface area contributed by atoms with Crippen molar-refractivity contribution in [1.29, 1.82) is 0 Å². The lowest BCUT2D eigenvalue weighted by Gasteiger charge is -2.14. The van der Waals surface area contributed by atoms with Gasteiger partial charge in [0.15, 0.2) is 11.6 Å². The number of rotatable bonds is 5. The van der Waals surface area contributed by atoms with Gasteiger partial charge in [0, 0.05) is 0 Å². The molecule has 0 spiro atoms. The molecule has 0 fully saturated rings. The van der Waals surface area contributed by atoms with Gasteiger partial charge < -0.3 is 4.74 Å². The number of aryl methyl sites for hydroxylation is 4. The zero-order chi connectivity index (χ0) is 19.8. The molecule has 0 unspecified atom stereocenters. The summed E-state index contributed by atoms with van der Waals surface area (Å²) in [7, 11) is -3.88. The summed E-state index contributed by atoms with van der Waals surface area (Å²) in [6, 6.07) is 5.79. The molecule has 2 N–H and O–H groups in total. The number of ether oxygens (including phenoxy) is 1. The fourth-order valence-corrected chi connectivity index (χ4v) is 4.18. The molecule has 0 amide bonds. The van der Waals surface area contributed by atoms with Crippen LogP contribution in [0.4, 0.5) is 10.1 Å². The van der Waals surface area contributed by atoms with Crippen LogP contribution in [-0.4, -0.2) is 28.6 Å². The van der Waals surface area contributed by atoms with Crippen LogP contribution < -0.4 is 9.46 Å². The van der Waals surface area contributed by atoms with E-state index in [2.05, 4.69) is 24.9 Å². The van der Waals surface area contributed by atoms with Crippen molar-refractivity contribution in [3.8, 4) is 11.8 Å². The minimum absolute atomic E-state index is 0.0192. The summed E-state index contributed by atoms with van der Waals surface area (Å²) in [5, 5.41) is 6.55. The number of nitrogens with one attached hydrogen (secondary N) is 2. The first-order valence-corrected chi connectivity index (χ1v) is 9.49. The smallest absolute Gasteiger partial charge is 0.322 e. The summed E-state index contributed by atoms with van der Waals surface area (Å²) in [4.78, 5) is 8.34. The number of para-hydroxylation sites is 1. The predicted octanol–water partition coefficient (Wildman–Crippen LogP) is 3.17. The van der Waals surface area contributed by atoms with Gasteiger partial charge in [0.25, 0.3) is 10.0 Å². The van der Waals surface area contributed by atoms with E-state index in [0.29, 0.717) is 22.8 Å². The van der Waals surface area contributed by atoms with Crippen LogP contribution >= 0.6 is 0 Å². The Balaban J connectivity index is 1.93. The van der Waals surface area contributed by atoms with Gasteiger partial charge in [-0.3, -0.25) is 9.82 Å². The van der Waals surface area contributed by atoms with Crippen molar-refractivity contribution in [2.45, 2.75) is 32.6 Å². The third kappa shape index (κ3) is 3.75. The number of halogens is 1. The van der Waals surface area contributed by atoms with Gasteiger partial charge in [0.2, 0.25) is 0 Å². The Hall–Kier alpha value is -3.01. The summed E-state index contributed by atoms with van der Waals surface area (Å²) in [6.45, 7) is 6.43. The molecule has 142 valence electrons. The Morgan fingerprint density at radius 1 is 1.04 bits per heavy atom. The highest BCUT2D eigenvalue weighted by molar-refractivity contribution is 7.92. The lowest BCUT2D eigenvalue weighted by atomic mass is 10.3. The third-order valence-electron chi connectivity index (χ3n) is 3.85. The van der Waals surface area contributed by atoms with Gasteiger partial charge in [-0.2, -0.15) is 15.1 Å². The van der Waals surface area contributed by atoms with E-state index in [1.54, 1.807) is 33.8 Å². The van der Waals surface area contributed by atoms with Crippen molar-refractivity contribution in [3.63, 3.8) is 0 Å². The first-order chi connectivity index (χ1) is 12.7. The lowest BCUT2D eigenvalue weighted by molar-refractivity contribution is 0.409. The molecular weight excluding hydrogens is 373 g/mol. The fraction of sp³-hybridized carbons (Fsp3) is 0.235. The van der Waals surface area contributed by atoms with Crippen LogP contribution in [-0.2, 0) is 10.0 Å². The number of benzene rings is 1. The fourth-order valence-electron chi connectivity index (χ4n) is 2.63. The summed E-state index contributed by atoms with van der Waals surface area (Å²) < 4.78 is 47.0. The summed E-state index contributed by atoms with van der Waals surface area (Å²) in [6.07, 6.45) is 0. The number of aromatic nitrogens is 4. The first kappa shape index (κ1) is 18.8. The average Bonchev–Trinajstić information content (AvgIpc) is 2.93. The van der Waals surface area contributed by atoms with Gasteiger partial charge >= 0.3 is 6.01 Å². The number of nitrogens with zero attached hydrogens (tertiary/aromatic N) is 3. The highest BCUT2D eigenvalue weighted by Gasteiger charge is 2.24. The predicted molar refractivity (Wildman–Crippen MR) is 96.9 cm³/mol. The van der Waals surface area contributed by atoms with Crippen LogP contribution in [0.2, 0.25) is 0 Å². The van der Waals surface area contributed by atoms with E-state index in [4.69, 9.17) is 4.74 Å². The van der Waals surface area contributed by atoms with Gasteiger partial charge in [-0.15, -0.1) is 0 Å². The van der Waals surface area contributed by atoms with Gasteiger partial charge in [0.05, 0.1) is 28.5 Å². The highest BCUT2D eigenvalue weighted by atomic mass is 32.2. The van der Waals surface area contributed by atoms with Crippen LogP contribution in [0.1, 0.15) is 22.8 Å². The molecule has 0 bridgehead atoms. The minimum atomic E-state index is -3.88. The van der Waals surface area contributed by atoms with Crippen molar-refractivity contribution < 1.29 is 17.5 Å². The zero-order valence-corrected chi connectivity index (χ0v) is 16.0. The van der Waals surface area contributed by atoms with E-state index >= 15 is 0 Å². The maximum atomic E-state index is 13.7. The number of hydrogen-bond acceptors (Lipinski definition) is 6. The van der Waals surface area contributed by atoms with Crippen LogP contribution in [0.25, 0.3) is 0 Å². The Labute approximate surface area is 155 Å². The van der Waals surface area contributed by atoms with Crippen molar-refractivity contribution >= 4 is 15.7 Å². The van der Waals surface area contributed by atoms with E-state index in [1.807, 2.05) is 0 Å². The zero-order valence-electron chi connectivity index (χ0n) is 15.2. The average molecular weight is 391 g/mol. The molecule has 0 radical (unpaired) electrons. The number of hydrogen-bond donors (Lipinski definition) is 2. The van der Waals surface area contributed by atoms with Crippen molar-refractivity contribution in [2.24, 2.45) is 0 Å². The quantitative estimate of drug-likeness (QED) is 0.691. The Morgan fingerprint density at radius 3 is 2.22 bits per heavy atom. The standard InChI is InChI=1S/C17H18FN5O3S/c1-9-15(23-27(24,25)16-11(3)21-22-12(16)4)10(2)20-17(19-9)26-14-8-6-5-7-13(14)18/h5-8,23H,1-4H3,(H,21,22). The largest absolute Gasteiger partial charge is 0.421 e. The molecular formula is C17H18FN5O3S. The molecule has 3 rings (SSSR count). The molecule has 0 saturated carbocycles. The Morgan fingerprint density at radius 2 is 1.67 bits per heavy atom. The second kappa shape index (κ2) is 6.95. The van der Waals surface area contributed by atoms with E-state index in [-0.39, 0.29) is 22.3 Å². The van der Waals surface area contributed by atoms with Gasteiger partial charge in [-0.1, -0.05) is 12.1 Å². The molecule has 3 aromatic rings. The van der Waals surface area contributed by atoms with Gasteiger partial charge in [-0.25, -0.2) is 12.8 Å². The SMILES string of the molecule is Cc1nc(Oc2ccccc2F)nc(C)c1NS(=O)(=O)c1c(C)n[nH]c1C. The minimum Gasteiger partial charge on any atom is -0.421 e. The Kier molecular flexibility index (Phi) is 4.83. The molecule has 10 heteroatoms. The van der Waals surface area contributed by atoms with Crippen molar-refractivity contribution in [3.05, 3.63) is 52.9 Å². The summed E-state index contributed by atoms with van der Waals surface area (Å²) in [5.74, 6) is -0.568. The second-order valence-corrected chi connectivity index (χ2v) is 7.57. The molecule has 0 aliphatic heterocycles. The molecule has 0 atom stereocenters. The van der Waals surface area contributed by atoms with Crippen molar-refractivity contribution in [2.75, 3.05) is 4.72 Å². The summed E-state index contributed by atoms with van der Waals surface area (Å²) >= 11 is 0. The number of aromatic amines is 1. The highest BCUT2D eigenvalue weighted by Crippen LogP contribution is 2.27. The Bertz CT molecular complexity index is 1070. The molecule has 27 heavy (non-hydrogen) atoms. The molecule has 0 saturated heterocycles. The monoisotopic (exact) mass is 391 g/mol. The molecule has 2 heterocycles. The number of H-pyrrole nitrogens is 1. The normalized spacial score (nSPS) is 11.4. The lowest BCUT2D eigenvalue weighted by Crippen LogP contribution is -2.17. The molecule has 0 aliphatic carbocycles. The first-order valence-electron chi connectivity index (χ1n) is 8.01. The summed E-state index contributed by atoms with van der Waals surface area (Å²) in [5.41, 5.74) is 1.70. The third-order valence-corrected chi connectivity index (χ3v) is 5.47. The molecule has 8 nitrogen and oxygen atoms in total. The second-order valence-electron chi connectivity index (χ2n) is 5.95. The maximum Gasteiger partial charge on any atom is 0.322 e. The van der Waals surface area contributed by atoms with Gasteiger partial charge in [-0.05, 0) is 39.8 Å². The van der Waals surface area contributed by atoms with Crippen LogP contribution in [0.3, 0.4) is 0 Å². The van der Waals surface area contributed by atoms with Crippen LogP contribution in [0, 0.1) is 33.5 Å². The van der Waals surface area contributed by atoms with E-state index in [1.165, 1.54) is 18.2 Å². The van der Waals surface area contributed by atoms with E-state index < -0.39 is 15.8 Å². The van der Waals surface area contributed by atoms with E-state index in [0.717, 1.165) is 0 Å². The molecule has 1 aromatic carbocycles. The van der Waals surface area contributed by atoms with Crippen LogP contribution in [0.5, 0.6) is 11.8 Å². The topological polar surface area (TPSA) is 110 Å². The van der Waals surface area contributed by atoms with E-state index in [9.17, 15) is 12.8 Å².